The van der Waals surface area contributed by atoms with Crippen molar-refractivity contribution < 1.29 is 19.4 Å². The fourth-order valence-electron chi connectivity index (χ4n) is 5.61. The maximum absolute atomic E-state index is 12.5. The van der Waals surface area contributed by atoms with Crippen molar-refractivity contribution in [3.63, 3.8) is 0 Å². The molecule has 1 unspecified atom stereocenters. The molecule has 0 saturated carbocycles. The van der Waals surface area contributed by atoms with Gasteiger partial charge in [-0.05, 0) is 70.6 Å². The van der Waals surface area contributed by atoms with Crippen LogP contribution in [-0.4, -0.2) is 23.1 Å². The fraction of sp³-hybridized carbons (Fsp3) is 0.800. The largest absolute Gasteiger partial charge is 0.481 e. The van der Waals surface area contributed by atoms with Crippen LogP contribution in [0.15, 0.2) is 36.5 Å². The van der Waals surface area contributed by atoms with E-state index in [2.05, 4.69) is 50.3 Å². The third kappa shape index (κ3) is 34.6. The van der Waals surface area contributed by atoms with Crippen molar-refractivity contribution in [2.45, 2.75) is 206 Å². The van der Waals surface area contributed by atoms with E-state index in [1.807, 2.05) is 0 Å². The summed E-state index contributed by atoms with van der Waals surface area (Å²) in [7, 11) is 0. The minimum atomic E-state index is -0.680. The number of carbonyl (C=O) groups excluding carboxylic acids is 1. The number of hydrogen-bond donors (Lipinski definition) is 1. The van der Waals surface area contributed by atoms with E-state index in [0.29, 0.717) is 12.8 Å². The molecule has 44 heavy (non-hydrogen) atoms. The number of allylic oxidation sites excluding steroid dienone is 6. The van der Waals surface area contributed by atoms with E-state index in [9.17, 15) is 9.59 Å². The lowest BCUT2D eigenvalue weighted by atomic mass is 10.0. The summed E-state index contributed by atoms with van der Waals surface area (Å²) in [5.41, 5.74) is 0. The van der Waals surface area contributed by atoms with E-state index in [4.69, 9.17) is 9.84 Å². The van der Waals surface area contributed by atoms with Gasteiger partial charge in [-0.1, -0.05) is 153 Å². The average molecular weight is 617 g/mol. The second-order valence-corrected chi connectivity index (χ2v) is 12.7. The molecule has 0 saturated heterocycles. The van der Waals surface area contributed by atoms with Gasteiger partial charge in [0.2, 0.25) is 0 Å². The number of ether oxygens (including phenoxy) is 1. The van der Waals surface area contributed by atoms with Crippen LogP contribution in [0.4, 0.5) is 0 Å². The van der Waals surface area contributed by atoms with Gasteiger partial charge in [0.1, 0.15) is 6.10 Å². The molecule has 0 aromatic carbocycles. The molecule has 1 atom stereocenters. The number of hydrogen-bond acceptors (Lipinski definition) is 3. The first-order chi connectivity index (χ1) is 21.6. The quantitative estimate of drug-likeness (QED) is 0.0444. The topological polar surface area (TPSA) is 63.6 Å². The third-order valence-corrected chi connectivity index (χ3v) is 8.38. The Morgan fingerprint density at radius 2 is 0.955 bits per heavy atom. The maximum atomic E-state index is 12.5. The second kappa shape index (κ2) is 35.6. The molecule has 1 N–H and O–H groups in total. The highest BCUT2D eigenvalue weighted by atomic mass is 16.5. The van der Waals surface area contributed by atoms with E-state index in [1.54, 1.807) is 0 Å². The molecule has 0 aliphatic rings. The highest BCUT2D eigenvalue weighted by molar-refractivity contribution is 5.69. The predicted molar refractivity (Wildman–Crippen MR) is 190 cm³/mol. The second-order valence-electron chi connectivity index (χ2n) is 12.7. The van der Waals surface area contributed by atoms with Crippen LogP contribution in [0.2, 0.25) is 0 Å². The summed E-state index contributed by atoms with van der Waals surface area (Å²) in [4.78, 5) is 23.1. The molecule has 0 rings (SSSR count). The van der Waals surface area contributed by atoms with Gasteiger partial charge >= 0.3 is 11.9 Å². The van der Waals surface area contributed by atoms with Gasteiger partial charge in [0.05, 0.1) is 0 Å². The smallest absolute Gasteiger partial charge is 0.306 e. The summed E-state index contributed by atoms with van der Waals surface area (Å²) >= 11 is 0. The van der Waals surface area contributed by atoms with Crippen LogP contribution in [0.1, 0.15) is 200 Å². The molecule has 0 amide bonds. The zero-order valence-corrected chi connectivity index (χ0v) is 29.2. The van der Waals surface area contributed by atoms with Crippen LogP contribution in [0, 0.1) is 0 Å². The monoisotopic (exact) mass is 617 g/mol. The van der Waals surface area contributed by atoms with E-state index in [1.165, 1.54) is 96.3 Å². The van der Waals surface area contributed by atoms with Crippen LogP contribution in [-0.2, 0) is 14.3 Å². The molecule has 0 aromatic rings. The summed E-state index contributed by atoms with van der Waals surface area (Å²) in [6.07, 6.45) is 46.2. The molecule has 0 aliphatic heterocycles. The molecule has 0 heterocycles. The number of aliphatic carboxylic acids is 1. The van der Waals surface area contributed by atoms with Crippen LogP contribution in [0.3, 0.4) is 0 Å². The highest BCUT2D eigenvalue weighted by Gasteiger charge is 2.14. The van der Waals surface area contributed by atoms with Crippen LogP contribution >= 0.6 is 0 Å². The van der Waals surface area contributed by atoms with Gasteiger partial charge in [0.15, 0.2) is 0 Å². The number of carboxylic acids is 1. The van der Waals surface area contributed by atoms with E-state index in [0.717, 1.165) is 77.0 Å². The van der Waals surface area contributed by atoms with Crippen LogP contribution < -0.4 is 0 Å². The van der Waals surface area contributed by atoms with Crippen molar-refractivity contribution in [2.24, 2.45) is 0 Å². The van der Waals surface area contributed by atoms with E-state index >= 15 is 0 Å². The SMILES string of the molecule is CC/C=C\C/C=C\C/C=C\CCCCCCCCCCCC(=O)OC(CCCCC)CCCCCCCCCCCC(=O)O. The highest BCUT2D eigenvalue weighted by Crippen LogP contribution is 2.18. The van der Waals surface area contributed by atoms with Crippen molar-refractivity contribution >= 4 is 11.9 Å². The van der Waals surface area contributed by atoms with Gasteiger partial charge in [-0.15, -0.1) is 0 Å². The first-order valence-electron chi connectivity index (χ1n) is 19.0. The van der Waals surface area contributed by atoms with Gasteiger partial charge in [-0.25, -0.2) is 0 Å². The van der Waals surface area contributed by atoms with Gasteiger partial charge in [0.25, 0.3) is 0 Å². The van der Waals surface area contributed by atoms with Crippen LogP contribution in [0.25, 0.3) is 0 Å². The Labute approximate surface area is 273 Å². The predicted octanol–water partition coefficient (Wildman–Crippen LogP) is 13.0. The molecule has 0 aliphatic carbocycles. The van der Waals surface area contributed by atoms with Crippen molar-refractivity contribution in [1.29, 1.82) is 0 Å². The molecule has 0 bridgehead atoms. The van der Waals surface area contributed by atoms with Gasteiger partial charge < -0.3 is 9.84 Å². The summed E-state index contributed by atoms with van der Waals surface area (Å²) in [5, 5.41) is 8.69. The first-order valence-corrected chi connectivity index (χ1v) is 19.0. The molecule has 256 valence electrons. The molecule has 0 radical (unpaired) electrons. The molecule has 0 aromatic heterocycles. The van der Waals surface area contributed by atoms with Crippen molar-refractivity contribution in [3.05, 3.63) is 36.5 Å². The number of rotatable bonds is 34. The van der Waals surface area contributed by atoms with Gasteiger partial charge in [0, 0.05) is 12.8 Å². The summed E-state index contributed by atoms with van der Waals surface area (Å²) < 4.78 is 5.94. The maximum Gasteiger partial charge on any atom is 0.306 e. The molecule has 4 nitrogen and oxygen atoms in total. The number of carboxylic acid groups (broad SMARTS) is 1. The van der Waals surface area contributed by atoms with Crippen molar-refractivity contribution in [2.75, 3.05) is 0 Å². The molecular weight excluding hydrogens is 544 g/mol. The summed E-state index contributed by atoms with van der Waals surface area (Å²) in [6.45, 7) is 4.39. The lowest BCUT2D eigenvalue weighted by molar-refractivity contribution is -0.150. The zero-order chi connectivity index (χ0) is 32.2. The minimum absolute atomic E-state index is 0.0172. The number of unbranched alkanes of at least 4 members (excludes halogenated alkanes) is 19. The minimum Gasteiger partial charge on any atom is -0.481 e. The Bertz CT molecular complexity index is 708. The van der Waals surface area contributed by atoms with Gasteiger partial charge in [-0.2, -0.15) is 0 Å². The van der Waals surface area contributed by atoms with Crippen molar-refractivity contribution in [1.82, 2.24) is 0 Å². The van der Waals surface area contributed by atoms with Crippen molar-refractivity contribution in [3.8, 4) is 0 Å². The molecular formula is C40H72O4. The summed E-state index contributed by atoms with van der Waals surface area (Å²) in [6, 6.07) is 0. The molecule has 4 heteroatoms. The Morgan fingerprint density at radius 1 is 0.523 bits per heavy atom. The Balaban J connectivity index is 3.72. The van der Waals surface area contributed by atoms with Crippen LogP contribution in [0.5, 0.6) is 0 Å². The number of esters is 1. The normalized spacial score (nSPS) is 12.6. The lowest BCUT2D eigenvalue weighted by Crippen LogP contribution is -2.18. The first kappa shape index (κ1) is 42.2. The standard InChI is InChI=1S/C40H72O4/c1-3-5-7-8-9-10-11-12-13-14-15-16-17-18-19-23-26-29-33-37-40(43)44-38(34-30-6-4-2)35-31-27-24-21-20-22-25-28-32-36-39(41)42/h5,7,9-10,12-13,38H,3-4,6,8,11,14-37H2,1-2H3,(H,41,42)/b7-5-,10-9-,13-12-. The Morgan fingerprint density at radius 3 is 1.48 bits per heavy atom. The fourth-order valence-corrected chi connectivity index (χ4v) is 5.61. The molecule has 0 spiro atoms. The van der Waals surface area contributed by atoms with E-state index in [-0.39, 0.29) is 12.1 Å². The zero-order valence-electron chi connectivity index (χ0n) is 29.2. The van der Waals surface area contributed by atoms with Gasteiger partial charge in [-0.3, -0.25) is 9.59 Å². The van der Waals surface area contributed by atoms with E-state index < -0.39 is 5.97 Å². The number of carbonyl (C=O) groups is 2. The Kier molecular flexibility index (Phi) is 34.1. The summed E-state index contributed by atoms with van der Waals surface area (Å²) in [5.74, 6) is -0.663. The lowest BCUT2D eigenvalue weighted by Gasteiger charge is -2.18. The molecule has 0 fully saturated rings. The average Bonchev–Trinajstić information content (AvgIpc) is 3.00. The Hall–Kier alpha value is -1.84. The third-order valence-electron chi connectivity index (χ3n) is 8.38.